The van der Waals surface area contributed by atoms with Gasteiger partial charge in [0.1, 0.15) is 11.4 Å². The van der Waals surface area contributed by atoms with Crippen LogP contribution in [0.25, 0.3) is 0 Å². The second-order valence-electron chi connectivity index (χ2n) is 5.67. The molecule has 1 aromatic rings. The van der Waals surface area contributed by atoms with Crippen LogP contribution in [0.2, 0.25) is 0 Å². The van der Waals surface area contributed by atoms with Crippen molar-refractivity contribution in [1.82, 2.24) is 4.98 Å². The van der Waals surface area contributed by atoms with E-state index in [0.717, 1.165) is 43.4 Å². The maximum Gasteiger partial charge on any atom is 0.339 e. The van der Waals surface area contributed by atoms with Crippen molar-refractivity contribution in [3.8, 4) is 0 Å². The Morgan fingerprint density at radius 3 is 2.68 bits per heavy atom. The molecule has 0 bridgehead atoms. The van der Waals surface area contributed by atoms with Gasteiger partial charge in [0.15, 0.2) is 0 Å². The fraction of sp³-hybridized carbons (Fsp3) is 0.600. The highest BCUT2D eigenvalue weighted by Gasteiger charge is 2.28. The van der Waals surface area contributed by atoms with E-state index in [-0.39, 0.29) is 0 Å². The fourth-order valence-electron chi connectivity index (χ4n) is 3.00. The van der Waals surface area contributed by atoms with Crippen molar-refractivity contribution in [3.05, 3.63) is 22.9 Å². The normalized spacial score (nSPS) is 18.6. The zero-order valence-electron chi connectivity index (χ0n) is 11.4. The molecule has 0 radical (unpaired) electrons. The largest absolute Gasteiger partial charge is 0.478 e. The second kappa shape index (κ2) is 4.83. The highest BCUT2D eigenvalue weighted by Crippen LogP contribution is 2.32. The SMILES string of the molecule is CN(c1nc2c(cc1C(=O)O)CCCC2)C1CCC1. The molecule has 1 aromatic heterocycles. The lowest BCUT2D eigenvalue weighted by atomic mass is 9.91. The summed E-state index contributed by atoms with van der Waals surface area (Å²) in [5.74, 6) is -0.195. The molecule has 1 N–H and O–H groups in total. The number of carboxylic acid groups (broad SMARTS) is 1. The summed E-state index contributed by atoms with van der Waals surface area (Å²) in [7, 11) is 1.98. The Morgan fingerprint density at radius 2 is 2.05 bits per heavy atom. The van der Waals surface area contributed by atoms with Crippen molar-refractivity contribution in [2.24, 2.45) is 0 Å². The van der Waals surface area contributed by atoms with Gasteiger partial charge in [0.25, 0.3) is 0 Å². The van der Waals surface area contributed by atoms with E-state index < -0.39 is 5.97 Å². The van der Waals surface area contributed by atoms with Crippen LogP contribution in [0.1, 0.15) is 53.7 Å². The minimum absolute atomic E-state index is 0.370. The van der Waals surface area contributed by atoms with E-state index >= 15 is 0 Å². The Balaban J connectivity index is 2.02. The molecule has 102 valence electrons. The number of carboxylic acids is 1. The van der Waals surface area contributed by atoms with Crippen molar-refractivity contribution in [3.63, 3.8) is 0 Å². The second-order valence-corrected chi connectivity index (χ2v) is 5.67. The van der Waals surface area contributed by atoms with E-state index in [2.05, 4.69) is 9.88 Å². The minimum Gasteiger partial charge on any atom is -0.478 e. The van der Waals surface area contributed by atoms with Crippen LogP contribution in [0, 0.1) is 0 Å². The lowest BCUT2D eigenvalue weighted by Crippen LogP contribution is -2.38. The summed E-state index contributed by atoms with van der Waals surface area (Å²) in [6.45, 7) is 0. The number of hydrogen-bond donors (Lipinski definition) is 1. The van der Waals surface area contributed by atoms with Crippen molar-refractivity contribution >= 4 is 11.8 Å². The summed E-state index contributed by atoms with van der Waals surface area (Å²) in [6, 6.07) is 2.32. The standard InChI is InChI=1S/C15H20N2O2/c1-17(11-6-4-7-11)14-12(15(18)19)9-10-5-2-3-8-13(10)16-14/h9,11H,2-8H2,1H3,(H,18,19). The predicted molar refractivity (Wildman–Crippen MR) is 73.9 cm³/mol. The van der Waals surface area contributed by atoms with Gasteiger partial charge in [-0.15, -0.1) is 0 Å². The summed E-state index contributed by atoms with van der Waals surface area (Å²) >= 11 is 0. The minimum atomic E-state index is -0.859. The van der Waals surface area contributed by atoms with Crippen LogP contribution in [-0.2, 0) is 12.8 Å². The molecule has 4 heteroatoms. The molecular formula is C15H20N2O2. The average molecular weight is 260 g/mol. The quantitative estimate of drug-likeness (QED) is 0.907. The Morgan fingerprint density at radius 1 is 1.32 bits per heavy atom. The summed E-state index contributed by atoms with van der Waals surface area (Å²) in [6.07, 6.45) is 7.80. The summed E-state index contributed by atoms with van der Waals surface area (Å²) in [4.78, 5) is 18.2. The van der Waals surface area contributed by atoms with Crippen LogP contribution in [-0.4, -0.2) is 29.1 Å². The Hall–Kier alpha value is -1.58. The Bertz CT molecular complexity index is 509. The first-order chi connectivity index (χ1) is 9.16. The van der Waals surface area contributed by atoms with Gasteiger partial charge in [0, 0.05) is 18.8 Å². The van der Waals surface area contributed by atoms with Gasteiger partial charge in [-0.05, 0) is 56.6 Å². The molecule has 19 heavy (non-hydrogen) atoms. The lowest BCUT2D eigenvalue weighted by Gasteiger charge is -2.36. The summed E-state index contributed by atoms with van der Waals surface area (Å²) in [5.41, 5.74) is 2.61. The first kappa shape index (κ1) is 12.5. The molecule has 4 nitrogen and oxygen atoms in total. The first-order valence-electron chi connectivity index (χ1n) is 7.15. The van der Waals surface area contributed by atoms with Gasteiger partial charge in [-0.1, -0.05) is 0 Å². The molecular weight excluding hydrogens is 240 g/mol. The molecule has 2 aliphatic carbocycles. The number of aromatic nitrogens is 1. The van der Waals surface area contributed by atoms with Gasteiger partial charge in [-0.3, -0.25) is 0 Å². The van der Waals surface area contributed by atoms with Gasteiger partial charge in [0.05, 0.1) is 0 Å². The maximum atomic E-state index is 11.5. The molecule has 0 spiro atoms. The van der Waals surface area contributed by atoms with Gasteiger partial charge in [-0.2, -0.15) is 0 Å². The van der Waals surface area contributed by atoms with Crippen LogP contribution in [0.4, 0.5) is 5.82 Å². The number of carbonyl (C=O) groups is 1. The number of hydrogen-bond acceptors (Lipinski definition) is 3. The smallest absolute Gasteiger partial charge is 0.339 e. The molecule has 1 saturated carbocycles. The number of anilines is 1. The number of rotatable bonds is 3. The van der Waals surface area contributed by atoms with Crippen molar-refractivity contribution in [2.45, 2.75) is 51.0 Å². The third-order valence-electron chi connectivity index (χ3n) is 4.47. The van der Waals surface area contributed by atoms with E-state index in [4.69, 9.17) is 0 Å². The molecule has 1 heterocycles. The summed E-state index contributed by atoms with van der Waals surface area (Å²) < 4.78 is 0. The molecule has 0 atom stereocenters. The van der Waals surface area contributed by atoms with Crippen LogP contribution >= 0.6 is 0 Å². The highest BCUT2D eigenvalue weighted by molar-refractivity contribution is 5.93. The molecule has 0 unspecified atom stereocenters. The molecule has 1 fully saturated rings. The van der Waals surface area contributed by atoms with Crippen LogP contribution in [0.3, 0.4) is 0 Å². The number of fused-ring (bicyclic) bond motifs is 1. The molecule has 0 aliphatic heterocycles. The van der Waals surface area contributed by atoms with Gasteiger partial charge in [0.2, 0.25) is 0 Å². The Kier molecular flexibility index (Phi) is 3.17. The van der Waals surface area contributed by atoms with E-state index in [0.29, 0.717) is 17.4 Å². The van der Waals surface area contributed by atoms with Gasteiger partial charge >= 0.3 is 5.97 Å². The summed E-state index contributed by atoms with van der Waals surface area (Å²) in [5, 5.41) is 9.42. The van der Waals surface area contributed by atoms with Crippen molar-refractivity contribution in [1.29, 1.82) is 0 Å². The number of nitrogens with zero attached hydrogens (tertiary/aromatic N) is 2. The maximum absolute atomic E-state index is 11.5. The fourth-order valence-corrected chi connectivity index (χ4v) is 3.00. The van der Waals surface area contributed by atoms with E-state index in [1.165, 1.54) is 12.8 Å². The van der Waals surface area contributed by atoms with Gasteiger partial charge < -0.3 is 10.0 Å². The molecule has 0 saturated heterocycles. The van der Waals surface area contributed by atoms with Crippen molar-refractivity contribution in [2.75, 3.05) is 11.9 Å². The molecule has 0 aromatic carbocycles. The van der Waals surface area contributed by atoms with E-state index in [1.54, 1.807) is 0 Å². The number of aryl methyl sites for hydroxylation is 2. The third kappa shape index (κ3) is 2.20. The molecule has 3 rings (SSSR count). The Labute approximate surface area is 113 Å². The van der Waals surface area contributed by atoms with Crippen molar-refractivity contribution < 1.29 is 9.90 Å². The van der Waals surface area contributed by atoms with Crippen LogP contribution in [0.15, 0.2) is 6.07 Å². The van der Waals surface area contributed by atoms with Crippen LogP contribution < -0.4 is 4.90 Å². The topological polar surface area (TPSA) is 53.4 Å². The molecule has 0 amide bonds. The predicted octanol–water partition coefficient (Wildman–Crippen LogP) is 2.65. The highest BCUT2D eigenvalue weighted by atomic mass is 16.4. The average Bonchev–Trinajstić information content (AvgIpc) is 2.35. The van der Waals surface area contributed by atoms with Gasteiger partial charge in [-0.25, -0.2) is 9.78 Å². The first-order valence-corrected chi connectivity index (χ1v) is 7.15. The third-order valence-corrected chi connectivity index (χ3v) is 4.47. The van der Waals surface area contributed by atoms with Crippen LogP contribution in [0.5, 0.6) is 0 Å². The number of aromatic carboxylic acids is 1. The zero-order valence-corrected chi connectivity index (χ0v) is 11.4. The van der Waals surface area contributed by atoms with E-state index in [9.17, 15) is 9.90 Å². The number of pyridine rings is 1. The lowest BCUT2D eigenvalue weighted by molar-refractivity contribution is 0.0696. The van der Waals surface area contributed by atoms with E-state index in [1.807, 2.05) is 13.1 Å². The zero-order chi connectivity index (χ0) is 13.4. The molecule has 2 aliphatic rings. The monoisotopic (exact) mass is 260 g/mol.